The van der Waals surface area contributed by atoms with Crippen LogP contribution >= 0.6 is 0 Å². The normalized spacial score (nSPS) is 24.5. The van der Waals surface area contributed by atoms with Gasteiger partial charge in [0.15, 0.2) is 5.69 Å². The SMILES string of the molecule is CN(C)c1cc(C(F)(F)F)nc(N2CC3CC=CCC3C2)n1. The minimum atomic E-state index is -4.46. The molecular weight excluding hydrogens is 293 g/mol. The predicted molar refractivity (Wildman–Crippen MR) is 78.9 cm³/mol. The quantitative estimate of drug-likeness (QED) is 0.786. The molecule has 2 aliphatic rings. The molecule has 0 saturated carbocycles. The molecule has 1 aromatic rings. The van der Waals surface area contributed by atoms with E-state index in [0.717, 1.165) is 32.0 Å². The number of nitrogens with zero attached hydrogens (tertiary/aromatic N) is 4. The van der Waals surface area contributed by atoms with Gasteiger partial charge in [-0.05, 0) is 24.7 Å². The lowest BCUT2D eigenvalue weighted by atomic mass is 9.86. The second-order valence-corrected chi connectivity index (χ2v) is 6.17. The summed E-state index contributed by atoms with van der Waals surface area (Å²) >= 11 is 0. The first-order valence-corrected chi connectivity index (χ1v) is 7.38. The maximum absolute atomic E-state index is 13.1. The third kappa shape index (κ3) is 2.89. The Kier molecular flexibility index (Phi) is 3.74. The third-order valence-corrected chi connectivity index (χ3v) is 4.35. The van der Waals surface area contributed by atoms with Crippen molar-refractivity contribution < 1.29 is 13.2 Å². The van der Waals surface area contributed by atoms with Gasteiger partial charge in [-0.2, -0.15) is 18.2 Å². The molecule has 1 aliphatic heterocycles. The number of alkyl halides is 3. The Morgan fingerprint density at radius 3 is 2.18 bits per heavy atom. The number of allylic oxidation sites excluding steroid dienone is 2. The van der Waals surface area contributed by atoms with E-state index in [-0.39, 0.29) is 11.8 Å². The summed E-state index contributed by atoms with van der Waals surface area (Å²) in [5, 5.41) is 0. The van der Waals surface area contributed by atoms with Crippen molar-refractivity contribution in [2.24, 2.45) is 11.8 Å². The highest BCUT2D eigenvalue weighted by Gasteiger charge is 2.37. The molecule has 120 valence electrons. The fraction of sp³-hybridized carbons (Fsp3) is 0.600. The van der Waals surface area contributed by atoms with Crippen LogP contribution in [0, 0.1) is 11.8 Å². The van der Waals surface area contributed by atoms with E-state index in [2.05, 4.69) is 22.1 Å². The summed E-state index contributed by atoms with van der Waals surface area (Å²) in [5.74, 6) is 1.45. The van der Waals surface area contributed by atoms with Gasteiger partial charge in [0, 0.05) is 33.3 Å². The fourth-order valence-electron chi connectivity index (χ4n) is 3.12. The number of hydrogen-bond donors (Lipinski definition) is 0. The van der Waals surface area contributed by atoms with E-state index in [1.807, 2.05) is 4.90 Å². The molecule has 0 amide bonds. The average molecular weight is 312 g/mol. The highest BCUT2D eigenvalue weighted by molar-refractivity contribution is 5.46. The lowest BCUT2D eigenvalue weighted by Crippen LogP contribution is -2.25. The van der Waals surface area contributed by atoms with Gasteiger partial charge >= 0.3 is 6.18 Å². The summed E-state index contributed by atoms with van der Waals surface area (Å²) in [5.41, 5.74) is -0.880. The Morgan fingerprint density at radius 2 is 1.68 bits per heavy atom. The van der Waals surface area contributed by atoms with Gasteiger partial charge in [-0.1, -0.05) is 12.2 Å². The highest BCUT2D eigenvalue weighted by atomic mass is 19.4. The Hall–Kier alpha value is -1.79. The molecule has 22 heavy (non-hydrogen) atoms. The smallest absolute Gasteiger partial charge is 0.363 e. The molecular formula is C15H19F3N4. The van der Waals surface area contributed by atoms with Gasteiger partial charge in [-0.15, -0.1) is 0 Å². The van der Waals surface area contributed by atoms with Crippen LogP contribution < -0.4 is 9.80 Å². The molecule has 1 saturated heterocycles. The molecule has 1 aromatic heterocycles. The molecule has 3 rings (SSSR count). The second kappa shape index (κ2) is 5.44. The molecule has 0 bridgehead atoms. The molecule has 0 spiro atoms. The minimum Gasteiger partial charge on any atom is -0.363 e. The van der Waals surface area contributed by atoms with Crippen LogP contribution in [-0.2, 0) is 6.18 Å². The van der Waals surface area contributed by atoms with E-state index >= 15 is 0 Å². The van der Waals surface area contributed by atoms with Gasteiger partial charge in [-0.3, -0.25) is 0 Å². The van der Waals surface area contributed by atoms with Crippen LogP contribution in [0.2, 0.25) is 0 Å². The molecule has 1 aliphatic carbocycles. The van der Waals surface area contributed by atoms with Gasteiger partial charge in [0.05, 0.1) is 0 Å². The summed E-state index contributed by atoms with van der Waals surface area (Å²) in [7, 11) is 3.36. The molecule has 2 atom stereocenters. The lowest BCUT2D eigenvalue weighted by Gasteiger charge is -2.21. The van der Waals surface area contributed by atoms with Crippen LogP contribution in [0.5, 0.6) is 0 Å². The van der Waals surface area contributed by atoms with Crippen molar-refractivity contribution in [3.8, 4) is 0 Å². The van der Waals surface area contributed by atoms with Crippen LogP contribution in [0.1, 0.15) is 18.5 Å². The van der Waals surface area contributed by atoms with Gasteiger partial charge in [-0.25, -0.2) is 4.98 Å². The van der Waals surface area contributed by atoms with Crippen molar-refractivity contribution in [2.75, 3.05) is 37.0 Å². The van der Waals surface area contributed by atoms with Crippen molar-refractivity contribution >= 4 is 11.8 Å². The lowest BCUT2D eigenvalue weighted by molar-refractivity contribution is -0.141. The van der Waals surface area contributed by atoms with Crippen molar-refractivity contribution in [2.45, 2.75) is 19.0 Å². The summed E-state index contributed by atoms with van der Waals surface area (Å²) in [4.78, 5) is 11.5. The fourth-order valence-corrected chi connectivity index (χ4v) is 3.12. The number of rotatable bonds is 2. The Bertz CT molecular complexity index is 567. The number of aromatic nitrogens is 2. The second-order valence-electron chi connectivity index (χ2n) is 6.17. The van der Waals surface area contributed by atoms with Gasteiger partial charge in [0.1, 0.15) is 5.82 Å². The van der Waals surface area contributed by atoms with Crippen molar-refractivity contribution in [1.82, 2.24) is 9.97 Å². The summed E-state index contributed by atoms with van der Waals surface area (Å²) in [6.45, 7) is 1.45. The zero-order valence-electron chi connectivity index (χ0n) is 12.6. The van der Waals surface area contributed by atoms with Crippen molar-refractivity contribution in [3.63, 3.8) is 0 Å². The molecule has 0 aromatic carbocycles. The molecule has 4 nitrogen and oxygen atoms in total. The van der Waals surface area contributed by atoms with E-state index in [1.54, 1.807) is 19.0 Å². The summed E-state index contributed by atoms with van der Waals surface area (Å²) in [6.07, 6.45) is 1.82. The summed E-state index contributed by atoms with van der Waals surface area (Å²) < 4.78 is 39.2. The minimum absolute atomic E-state index is 0.188. The highest BCUT2D eigenvalue weighted by Crippen LogP contribution is 2.36. The molecule has 0 radical (unpaired) electrons. The zero-order chi connectivity index (χ0) is 15.9. The van der Waals surface area contributed by atoms with Crippen LogP contribution in [0.3, 0.4) is 0 Å². The molecule has 2 heterocycles. The number of fused-ring (bicyclic) bond motifs is 1. The number of halogens is 3. The van der Waals surface area contributed by atoms with Gasteiger partial charge in [0.25, 0.3) is 0 Å². The Labute approximate surface area is 127 Å². The number of hydrogen-bond acceptors (Lipinski definition) is 4. The monoisotopic (exact) mass is 312 g/mol. The molecule has 0 N–H and O–H groups in total. The van der Waals surface area contributed by atoms with Crippen LogP contribution in [0.15, 0.2) is 18.2 Å². The van der Waals surface area contributed by atoms with E-state index in [1.165, 1.54) is 0 Å². The maximum atomic E-state index is 13.1. The van der Waals surface area contributed by atoms with Crippen molar-refractivity contribution in [1.29, 1.82) is 0 Å². The standard InChI is InChI=1S/C15H19F3N4/c1-21(2)13-7-12(15(16,17)18)19-14(20-13)22-8-10-5-3-4-6-11(10)9-22/h3-4,7,10-11H,5-6,8-9H2,1-2H3. The van der Waals surface area contributed by atoms with Gasteiger partial charge < -0.3 is 9.80 Å². The first-order chi connectivity index (χ1) is 10.3. The average Bonchev–Trinajstić information content (AvgIpc) is 2.89. The largest absolute Gasteiger partial charge is 0.433 e. The molecule has 2 unspecified atom stereocenters. The summed E-state index contributed by atoms with van der Waals surface area (Å²) in [6, 6.07) is 0.994. The maximum Gasteiger partial charge on any atom is 0.433 e. The van der Waals surface area contributed by atoms with E-state index in [9.17, 15) is 13.2 Å². The van der Waals surface area contributed by atoms with Crippen molar-refractivity contribution in [3.05, 3.63) is 23.9 Å². The van der Waals surface area contributed by atoms with E-state index in [4.69, 9.17) is 0 Å². The van der Waals surface area contributed by atoms with Crippen LogP contribution in [0.4, 0.5) is 24.9 Å². The van der Waals surface area contributed by atoms with Gasteiger partial charge in [0.2, 0.25) is 5.95 Å². The Balaban J connectivity index is 1.91. The first-order valence-electron chi connectivity index (χ1n) is 7.38. The molecule has 1 fully saturated rings. The third-order valence-electron chi connectivity index (χ3n) is 4.35. The zero-order valence-corrected chi connectivity index (χ0v) is 12.6. The van der Waals surface area contributed by atoms with Crippen LogP contribution in [-0.4, -0.2) is 37.2 Å². The van der Waals surface area contributed by atoms with E-state index in [0.29, 0.717) is 11.8 Å². The Morgan fingerprint density at radius 1 is 1.09 bits per heavy atom. The molecule has 7 heteroatoms. The topological polar surface area (TPSA) is 32.3 Å². The van der Waals surface area contributed by atoms with E-state index < -0.39 is 11.9 Å². The first kappa shape index (κ1) is 15.1. The number of anilines is 2. The predicted octanol–water partition coefficient (Wildman–Crippen LogP) is 2.96. The van der Waals surface area contributed by atoms with Crippen LogP contribution in [0.25, 0.3) is 0 Å².